The van der Waals surface area contributed by atoms with Gasteiger partial charge in [0.15, 0.2) is 0 Å². The van der Waals surface area contributed by atoms with Gasteiger partial charge in [-0.2, -0.15) is 0 Å². The van der Waals surface area contributed by atoms with E-state index in [-0.39, 0.29) is 0 Å². The first kappa shape index (κ1) is 15.5. The van der Waals surface area contributed by atoms with Gasteiger partial charge in [-0.25, -0.2) is 0 Å². The lowest BCUT2D eigenvalue weighted by Gasteiger charge is -2.34. The van der Waals surface area contributed by atoms with Crippen LogP contribution < -0.4 is 11.5 Å². The molecule has 21 heavy (non-hydrogen) atoms. The number of carbonyl (C=O) groups is 1. The summed E-state index contributed by atoms with van der Waals surface area (Å²) in [7, 11) is 0. The lowest BCUT2D eigenvalue weighted by molar-refractivity contribution is -0.120. The van der Waals surface area contributed by atoms with Crippen molar-refractivity contribution in [1.29, 1.82) is 0 Å². The Kier molecular flexibility index (Phi) is 4.66. The van der Waals surface area contributed by atoms with Gasteiger partial charge < -0.3 is 11.5 Å². The lowest BCUT2D eigenvalue weighted by atomic mass is 9.71. The van der Waals surface area contributed by atoms with Crippen molar-refractivity contribution in [2.24, 2.45) is 11.5 Å². The third-order valence-corrected chi connectivity index (χ3v) is 4.16. The van der Waals surface area contributed by atoms with E-state index in [0.29, 0.717) is 11.4 Å². The maximum Gasteiger partial charge on any atom is 0.235 e. The number of hydrogen-bond donors (Lipinski definition) is 2. The summed E-state index contributed by atoms with van der Waals surface area (Å²) in [6.45, 7) is 1.96. The number of hydrogen-bond acceptors (Lipinski definition) is 2. The number of benzene rings is 2. The van der Waals surface area contributed by atoms with Crippen molar-refractivity contribution in [3.8, 4) is 0 Å². The molecule has 0 heterocycles. The summed E-state index contributed by atoms with van der Waals surface area (Å²) >= 11 is 5.91. The predicted molar refractivity (Wildman–Crippen MR) is 86.1 cm³/mol. The van der Waals surface area contributed by atoms with E-state index >= 15 is 0 Å². The minimum absolute atomic E-state index is 0.504. The Hall–Kier alpha value is -1.84. The normalized spacial score (nSPS) is 15.2. The number of carbonyl (C=O) groups excluding carboxylic acids is 1. The van der Waals surface area contributed by atoms with Gasteiger partial charge in [0.25, 0.3) is 0 Å². The highest BCUT2D eigenvalue weighted by atomic mass is 35.5. The molecule has 2 unspecified atom stereocenters. The van der Waals surface area contributed by atoms with Crippen molar-refractivity contribution in [2.75, 3.05) is 0 Å². The van der Waals surface area contributed by atoms with E-state index in [0.717, 1.165) is 11.1 Å². The van der Waals surface area contributed by atoms with E-state index in [2.05, 4.69) is 0 Å². The van der Waals surface area contributed by atoms with Crippen LogP contribution in [-0.2, 0) is 16.6 Å². The molecule has 2 rings (SSSR count). The second-order valence-corrected chi connectivity index (χ2v) is 5.90. The van der Waals surface area contributed by atoms with Crippen LogP contribution in [0.25, 0.3) is 0 Å². The molecule has 0 spiro atoms. The van der Waals surface area contributed by atoms with Crippen molar-refractivity contribution in [3.63, 3.8) is 0 Å². The summed E-state index contributed by atoms with van der Waals surface area (Å²) in [5, 5.41) is 0.680. The molecule has 0 aliphatic heterocycles. The van der Waals surface area contributed by atoms with Gasteiger partial charge in [0, 0.05) is 10.4 Å². The summed E-state index contributed by atoms with van der Waals surface area (Å²) < 4.78 is 0. The molecular weight excluding hydrogens is 284 g/mol. The smallest absolute Gasteiger partial charge is 0.235 e. The fourth-order valence-corrected chi connectivity index (χ4v) is 2.68. The third kappa shape index (κ3) is 3.43. The topological polar surface area (TPSA) is 69.1 Å². The molecule has 0 fully saturated rings. The molecule has 3 nitrogen and oxygen atoms in total. The first-order valence-corrected chi connectivity index (χ1v) is 7.16. The maximum absolute atomic E-state index is 11.6. The zero-order chi connectivity index (χ0) is 15.5. The second-order valence-electron chi connectivity index (χ2n) is 5.47. The molecule has 0 saturated carbocycles. The minimum Gasteiger partial charge on any atom is -0.368 e. The SMILES string of the molecule is CC(Cc1ccc(Cl)cc1)(c1ccccc1)C(N)C(N)=O. The Morgan fingerprint density at radius 1 is 1.14 bits per heavy atom. The second kappa shape index (κ2) is 6.29. The first-order chi connectivity index (χ1) is 9.93. The van der Waals surface area contributed by atoms with Crippen molar-refractivity contribution in [1.82, 2.24) is 0 Å². The summed E-state index contributed by atoms with van der Waals surface area (Å²) in [5.74, 6) is -0.504. The highest BCUT2D eigenvalue weighted by Crippen LogP contribution is 2.31. The zero-order valence-corrected chi connectivity index (χ0v) is 12.7. The summed E-state index contributed by atoms with van der Waals surface area (Å²) in [6, 6.07) is 16.5. The van der Waals surface area contributed by atoms with Gasteiger partial charge in [0.05, 0.1) is 6.04 Å². The highest BCUT2D eigenvalue weighted by Gasteiger charge is 2.37. The van der Waals surface area contributed by atoms with Crippen molar-refractivity contribution in [3.05, 3.63) is 70.7 Å². The Balaban J connectivity index is 2.41. The van der Waals surface area contributed by atoms with Crippen LogP contribution >= 0.6 is 11.6 Å². The molecule has 4 N–H and O–H groups in total. The monoisotopic (exact) mass is 302 g/mol. The predicted octanol–water partition coefficient (Wildman–Crippen LogP) is 2.65. The Morgan fingerprint density at radius 3 is 2.24 bits per heavy atom. The summed E-state index contributed by atoms with van der Waals surface area (Å²) in [5.41, 5.74) is 13.0. The summed E-state index contributed by atoms with van der Waals surface area (Å²) in [6.07, 6.45) is 0.609. The molecule has 4 heteroatoms. The average Bonchev–Trinajstić information content (AvgIpc) is 2.49. The van der Waals surface area contributed by atoms with E-state index < -0.39 is 17.4 Å². The Labute approximate surface area is 129 Å². The average molecular weight is 303 g/mol. The van der Waals surface area contributed by atoms with Crippen LogP contribution in [0.3, 0.4) is 0 Å². The lowest BCUT2D eigenvalue weighted by Crippen LogP contribution is -2.52. The van der Waals surface area contributed by atoms with Crippen LogP contribution in [0.1, 0.15) is 18.1 Å². The van der Waals surface area contributed by atoms with Gasteiger partial charge >= 0.3 is 0 Å². The molecule has 110 valence electrons. The quantitative estimate of drug-likeness (QED) is 0.891. The van der Waals surface area contributed by atoms with Crippen molar-refractivity contribution >= 4 is 17.5 Å². The van der Waals surface area contributed by atoms with E-state index in [4.69, 9.17) is 23.1 Å². The van der Waals surface area contributed by atoms with Gasteiger partial charge in [0.1, 0.15) is 0 Å². The summed E-state index contributed by atoms with van der Waals surface area (Å²) in [4.78, 5) is 11.6. The number of rotatable bonds is 5. The molecule has 0 saturated heterocycles. The van der Waals surface area contributed by atoms with E-state index in [9.17, 15) is 4.79 Å². The van der Waals surface area contributed by atoms with Crippen LogP contribution in [0.15, 0.2) is 54.6 Å². The number of nitrogens with two attached hydrogens (primary N) is 2. The largest absolute Gasteiger partial charge is 0.368 e. The van der Waals surface area contributed by atoms with Crippen molar-refractivity contribution in [2.45, 2.75) is 24.8 Å². The minimum atomic E-state index is -0.768. The maximum atomic E-state index is 11.6. The van der Waals surface area contributed by atoms with Gasteiger partial charge in [-0.1, -0.05) is 61.0 Å². The van der Waals surface area contributed by atoms with E-state index in [1.54, 1.807) is 0 Å². The highest BCUT2D eigenvalue weighted by molar-refractivity contribution is 6.30. The number of halogens is 1. The van der Waals surface area contributed by atoms with E-state index in [1.807, 2.05) is 61.5 Å². The fraction of sp³-hybridized carbons (Fsp3) is 0.235. The van der Waals surface area contributed by atoms with Gasteiger partial charge in [-0.3, -0.25) is 4.79 Å². The van der Waals surface area contributed by atoms with Gasteiger partial charge in [0.2, 0.25) is 5.91 Å². The number of amides is 1. The fourth-order valence-electron chi connectivity index (χ4n) is 2.55. The Morgan fingerprint density at radius 2 is 1.71 bits per heavy atom. The first-order valence-electron chi connectivity index (χ1n) is 6.78. The van der Waals surface area contributed by atoms with Crippen LogP contribution in [0.4, 0.5) is 0 Å². The van der Waals surface area contributed by atoms with Gasteiger partial charge in [-0.15, -0.1) is 0 Å². The number of primary amides is 1. The zero-order valence-electron chi connectivity index (χ0n) is 11.9. The van der Waals surface area contributed by atoms with Gasteiger partial charge in [-0.05, 0) is 29.7 Å². The van der Waals surface area contributed by atoms with Crippen LogP contribution in [0.2, 0.25) is 5.02 Å². The molecule has 0 bridgehead atoms. The third-order valence-electron chi connectivity index (χ3n) is 3.91. The molecule has 0 aromatic heterocycles. The van der Waals surface area contributed by atoms with Crippen molar-refractivity contribution < 1.29 is 4.79 Å². The van der Waals surface area contributed by atoms with Crippen LogP contribution in [-0.4, -0.2) is 11.9 Å². The van der Waals surface area contributed by atoms with Crippen LogP contribution in [0.5, 0.6) is 0 Å². The molecule has 2 atom stereocenters. The van der Waals surface area contributed by atoms with Crippen LogP contribution in [0, 0.1) is 0 Å². The molecule has 2 aromatic carbocycles. The van der Waals surface area contributed by atoms with E-state index in [1.165, 1.54) is 0 Å². The molecule has 0 aliphatic carbocycles. The Bertz CT molecular complexity index is 612. The standard InChI is InChI=1S/C17H19ClN2O/c1-17(15(19)16(20)21,13-5-3-2-4-6-13)11-12-7-9-14(18)10-8-12/h2-10,15H,11,19H2,1H3,(H2,20,21). The molecule has 1 amide bonds. The molecule has 0 radical (unpaired) electrons. The molecule has 2 aromatic rings. The molecule has 0 aliphatic rings. The molecular formula is C17H19ClN2O.